The molecule has 0 saturated carbocycles. The second-order valence-corrected chi connectivity index (χ2v) is 5.78. The molecule has 1 heterocycles. The van der Waals surface area contributed by atoms with Crippen LogP contribution in [0.25, 0.3) is 0 Å². The molecule has 92 valence electrons. The molecule has 1 aromatic carbocycles. The van der Waals surface area contributed by atoms with Gasteiger partial charge in [-0.05, 0) is 11.5 Å². The molecule has 0 aliphatic carbocycles. The van der Waals surface area contributed by atoms with Crippen LogP contribution in [0.2, 0.25) is 0 Å². The lowest BCUT2D eigenvalue weighted by Crippen LogP contribution is -2.49. The van der Waals surface area contributed by atoms with Crippen molar-refractivity contribution in [3.05, 3.63) is 35.9 Å². The zero-order valence-electron chi connectivity index (χ0n) is 10.3. The molecule has 2 atom stereocenters. The maximum Gasteiger partial charge on any atom is 0.313 e. The molecule has 0 N–H and O–H groups in total. The van der Waals surface area contributed by atoms with Crippen LogP contribution < -0.4 is 0 Å². The highest BCUT2D eigenvalue weighted by Crippen LogP contribution is 2.32. The minimum absolute atomic E-state index is 0.0238. The summed E-state index contributed by atoms with van der Waals surface area (Å²) in [4.78, 5) is 11.4. The quantitative estimate of drug-likeness (QED) is 0.751. The van der Waals surface area contributed by atoms with Crippen LogP contribution in [-0.2, 0) is 15.3 Å². The highest BCUT2D eigenvalue weighted by Gasteiger charge is 2.43. The van der Waals surface area contributed by atoms with E-state index in [1.165, 1.54) is 5.56 Å². The van der Waals surface area contributed by atoms with Gasteiger partial charge in [0.25, 0.3) is 0 Å². The third kappa shape index (κ3) is 3.03. The fourth-order valence-electron chi connectivity index (χ4n) is 2.01. The highest BCUT2D eigenvalue weighted by molar-refractivity contribution is 7.98. The molecule has 0 bridgehead atoms. The normalized spacial score (nSPS) is 23.4. The lowest BCUT2D eigenvalue weighted by Gasteiger charge is -2.37. The third-order valence-corrected chi connectivity index (χ3v) is 4.15. The maximum absolute atomic E-state index is 11.4. The van der Waals surface area contributed by atoms with Crippen LogP contribution in [0.4, 0.5) is 0 Å². The summed E-state index contributed by atoms with van der Waals surface area (Å²) in [6.07, 6.45) is 0.130. The van der Waals surface area contributed by atoms with Gasteiger partial charge < -0.3 is 4.74 Å². The Bertz CT molecular complexity index is 375. The maximum atomic E-state index is 11.4. The van der Waals surface area contributed by atoms with Crippen molar-refractivity contribution in [2.45, 2.75) is 25.7 Å². The van der Waals surface area contributed by atoms with E-state index in [0.29, 0.717) is 5.92 Å². The molecule has 3 heteroatoms. The summed E-state index contributed by atoms with van der Waals surface area (Å²) >= 11 is 1.81. The molecule has 2 rings (SSSR count). The van der Waals surface area contributed by atoms with Gasteiger partial charge >= 0.3 is 5.97 Å². The molecular formula is C14H18O2S. The molecule has 0 amide bonds. The van der Waals surface area contributed by atoms with Crippen molar-refractivity contribution in [3.8, 4) is 0 Å². The van der Waals surface area contributed by atoms with Crippen LogP contribution >= 0.6 is 11.8 Å². The molecule has 17 heavy (non-hydrogen) atoms. The van der Waals surface area contributed by atoms with Gasteiger partial charge in [-0.2, -0.15) is 11.8 Å². The lowest BCUT2D eigenvalue weighted by atomic mass is 9.90. The molecule has 1 fully saturated rings. The zero-order chi connectivity index (χ0) is 12.3. The number of benzene rings is 1. The zero-order valence-corrected chi connectivity index (χ0v) is 11.1. The molecule has 1 aliphatic rings. The average molecular weight is 250 g/mol. The van der Waals surface area contributed by atoms with Crippen molar-refractivity contribution < 1.29 is 9.53 Å². The number of carbonyl (C=O) groups excluding carboxylic acids is 1. The minimum atomic E-state index is -0.0238. The number of rotatable bonds is 5. The van der Waals surface area contributed by atoms with Gasteiger partial charge in [0.2, 0.25) is 0 Å². The number of hydrogen-bond donors (Lipinski definition) is 0. The summed E-state index contributed by atoms with van der Waals surface area (Å²) in [7, 11) is 0. The summed E-state index contributed by atoms with van der Waals surface area (Å²) in [5.74, 6) is 2.34. The van der Waals surface area contributed by atoms with Gasteiger partial charge in [0.1, 0.15) is 12.0 Å². The Labute approximate surface area is 107 Å². The largest absolute Gasteiger partial charge is 0.461 e. The predicted octanol–water partition coefficient (Wildman–Crippen LogP) is 3.12. The SMILES string of the molecule is CC(C)[C@@H]1OC(=O)[C@H]1CSCc1ccccc1. The summed E-state index contributed by atoms with van der Waals surface area (Å²) in [6.45, 7) is 4.21. The Balaban J connectivity index is 1.77. The fourth-order valence-corrected chi connectivity index (χ4v) is 3.13. The average Bonchev–Trinajstić information content (AvgIpc) is 2.32. The van der Waals surface area contributed by atoms with Crippen molar-refractivity contribution in [2.24, 2.45) is 11.8 Å². The van der Waals surface area contributed by atoms with Crippen LogP contribution in [0.3, 0.4) is 0 Å². The Hall–Kier alpha value is -0.960. The van der Waals surface area contributed by atoms with Gasteiger partial charge in [0, 0.05) is 11.5 Å². The van der Waals surface area contributed by atoms with E-state index in [0.717, 1.165) is 11.5 Å². The highest BCUT2D eigenvalue weighted by atomic mass is 32.2. The van der Waals surface area contributed by atoms with Gasteiger partial charge in [0.05, 0.1) is 0 Å². The second-order valence-electron chi connectivity index (χ2n) is 4.75. The molecular weight excluding hydrogens is 232 g/mol. The predicted molar refractivity (Wildman–Crippen MR) is 70.8 cm³/mol. The summed E-state index contributed by atoms with van der Waals surface area (Å²) in [5, 5.41) is 0. The van der Waals surface area contributed by atoms with Crippen molar-refractivity contribution >= 4 is 17.7 Å². The lowest BCUT2D eigenvalue weighted by molar-refractivity contribution is -0.187. The van der Waals surface area contributed by atoms with Crippen LogP contribution in [0.5, 0.6) is 0 Å². The number of cyclic esters (lactones) is 1. The van der Waals surface area contributed by atoms with E-state index in [9.17, 15) is 4.79 Å². The van der Waals surface area contributed by atoms with E-state index >= 15 is 0 Å². The molecule has 1 aliphatic heterocycles. The summed E-state index contributed by atoms with van der Waals surface area (Å²) < 4.78 is 5.16. The van der Waals surface area contributed by atoms with Crippen molar-refractivity contribution in [2.75, 3.05) is 5.75 Å². The molecule has 0 radical (unpaired) electrons. The van der Waals surface area contributed by atoms with Crippen LogP contribution in [0.1, 0.15) is 19.4 Å². The van der Waals surface area contributed by atoms with Crippen molar-refractivity contribution in [1.82, 2.24) is 0 Å². The van der Waals surface area contributed by atoms with Crippen molar-refractivity contribution in [1.29, 1.82) is 0 Å². The fraction of sp³-hybridized carbons (Fsp3) is 0.500. The Morgan fingerprint density at radius 3 is 2.59 bits per heavy atom. The standard InChI is InChI=1S/C14H18O2S/c1-10(2)13-12(14(15)16-13)9-17-8-11-6-4-3-5-7-11/h3-7,10,12-13H,8-9H2,1-2H3/t12-,13-/m0/s1. The Kier molecular flexibility index (Phi) is 4.11. The molecule has 0 spiro atoms. The first-order chi connectivity index (χ1) is 8.18. The van der Waals surface area contributed by atoms with E-state index in [-0.39, 0.29) is 18.0 Å². The van der Waals surface area contributed by atoms with E-state index in [1.54, 1.807) is 0 Å². The topological polar surface area (TPSA) is 26.3 Å². The van der Waals surface area contributed by atoms with Crippen LogP contribution in [0.15, 0.2) is 30.3 Å². The number of ether oxygens (including phenoxy) is 1. The molecule has 1 saturated heterocycles. The number of carbonyl (C=O) groups is 1. The number of esters is 1. The monoisotopic (exact) mass is 250 g/mol. The van der Waals surface area contributed by atoms with E-state index in [4.69, 9.17) is 4.74 Å². The first-order valence-electron chi connectivity index (χ1n) is 6.00. The summed E-state index contributed by atoms with van der Waals surface area (Å²) in [5.41, 5.74) is 1.31. The minimum Gasteiger partial charge on any atom is -0.461 e. The van der Waals surface area contributed by atoms with Crippen LogP contribution in [-0.4, -0.2) is 17.8 Å². The van der Waals surface area contributed by atoms with E-state index in [1.807, 2.05) is 30.0 Å². The van der Waals surface area contributed by atoms with Gasteiger partial charge in [-0.15, -0.1) is 0 Å². The Morgan fingerprint density at radius 2 is 2.00 bits per heavy atom. The second kappa shape index (κ2) is 5.58. The molecule has 1 aromatic rings. The summed E-state index contributed by atoms with van der Waals surface area (Å²) in [6, 6.07) is 10.3. The van der Waals surface area contributed by atoms with Gasteiger partial charge in [-0.3, -0.25) is 4.79 Å². The van der Waals surface area contributed by atoms with Gasteiger partial charge in [-0.25, -0.2) is 0 Å². The number of hydrogen-bond acceptors (Lipinski definition) is 3. The molecule has 0 unspecified atom stereocenters. The van der Waals surface area contributed by atoms with Crippen molar-refractivity contribution in [3.63, 3.8) is 0 Å². The number of thioether (sulfide) groups is 1. The Morgan fingerprint density at radius 1 is 1.29 bits per heavy atom. The molecule has 2 nitrogen and oxygen atoms in total. The first-order valence-corrected chi connectivity index (χ1v) is 7.16. The third-order valence-electron chi connectivity index (χ3n) is 3.02. The first kappa shape index (κ1) is 12.5. The van der Waals surface area contributed by atoms with E-state index < -0.39 is 0 Å². The van der Waals surface area contributed by atoms with Gasteiger partial charge in [-0.1, -0.05) is 44.2 Å². The smallest absolute Gasteiger partial charge is 0.313 e. The van der Waals surface area contributed by atoms with Gasteiger partial charge in [0.15, 0.2) is 0 Å². The molecule has 0 aromatic heterocycles. The van der Waals surface area contributed by atoms with Crippen LogP contribution in [0, 0.1) is 11.8 Å². The van der Waals surface area contributed by atoms with E-state index in [2.05, 4.69) is 26.0 Å².